The van der Waals surface area contributed by atoms with Crippen molar-refractivity contribution in [2.75, 3.05) is 19.5 Å². The zero-order valence-corrected chi connectivity index (χ0v) is 15.9. The molecule has 0 saturated heterocycles. The summed E-state index contributed by atoms with van der Waals surface area (Å²) in [5.41, 5.74) is 3.47. The third-order valence-electron chi connectivity index (χ3n) is 3.73. The topological polar surface area (TPSA) is 57.1 Å². The van der Waals surface area contributed by atoms with Crippen molar-refractivity contribution in [1.82, 2.24) is 15.2 Å². The van der Waals surface area contributed by atoms with E-state index in [2.05, 4.69) is 15.2 Å². The van der Waals surface area contributed by atoms with Crippen molar-refractivity contribution in [2.45, 2.75) is 19.0 Å². The number of hydrogen-bond acceptors (Lipinski definition) is 6. The second-order valence-electron chi connectivity index (χ2n) is 5.41. The zero-order valence-electron chi connectivity index (χ0n) is 15.1. The van der Waals surface area contributed by atoms with Gasteiger partial charge in [-0.1, -0.05) is 11.8 Å². The van der Waals surface area contributed by atoms with Crippen LogP contribution in [0.4, 0.5) is 0 Å². The Balaban J connectivity index is 2.02. The summed E-state index contributed by atoms with van der Waals surface area (Å²) in [4.78, 5) is 4.69. The van der Waals surface area contributed by atoms with E-state index in [9.17, 15) is 0 Å². The van der Waals surface area contributed by atoms with Crippen LogP contribution in [0.15, 0.2) is 53.7 Å². The molecule has 3 rings (SSSR count). The van der Waals surface area contributed by atoms with Gasteiger partial charge in [-0.05, 0) is 68.6 Å². The molecule has 0 amide bonds. The summed E-state index contributed by atoms with van der Waals surface area (Å²) in [5, 5.41) is 9.28. The molecular formula is C20H21N3O2S. The average molecular weight is 367 g/mol. The van der Waals surface area contributed by atoms with E-state index in [4.69, 9.17) is 9.47 Å². The number of rotatable bonds is 7. The van der Waals surface area contributed by atoms with E-state index in [0.717, 1.165) is 34.0 Å². The van der Waals surface area contributed by atoms with Crippen LogP contribution in [0.25, 0.3) is 22.5 Å². The number of thioether (sulfide) groups is 1. The quantitative estimate of drug-likeness (QED) is 0.563. The third kappa shape index (κ3) is 4.14. The highest BCUT2D eigenvalue weighted by molar-refractivity contribution is 7.98. The second kappa shape index (κ2) is 8.67. The Bertz CT molecular complexity index is 852. The highest BCUT2D eigenvalue weighted by Gasteiger charge is 2.14. The summed E-state index contributed by atoms with van der Waals surface area (Å²) in [6.07, 6.45) is 1.94. The summed E-state index contributed by atoms with van der Waals surface area (Å²) in [5.74, 6) is 1.67. The Morgan fingerprint density at radius 1 is 0.731 bits per heavy atom. The van der Waals surface area contributed by atoms with Gasteiger partial charge in [-0.25, -0.2) is 4.98 Å². The molecule has 0 atom stereocenters. The van der Waals surface area contributed by atoms with Gasteiger partial charge in [-0.2, -0.15) is 0 Å². The monoisotopic (exact) mass is 367 g/mol. The average Bonchev–Trinajstić information content (AvgIpc) is 2.69. The standard InChI is InChI=1S/C20H21N3O2S/c1-4-24-16-10-6-14(7-11-16)18-19(22-23-20(21-18)26-3)15-8-12-17(13-9-15)25-5-2/h6-13H,4-5H2,1-3H3. The first-order valence-electron chi connectivity index (χ1n) is 8.50. The highest BCUT2D eigenvalue weighted by Crippen LogP contribution is 2.31. The molecule has 0 saturated carbocycles. The van der Waals surface area contributed by atoms with E-state index in [1.54, 1.807) is 0 Å². The summed E-state index contributed by atoms with van der Waals surface area (Å²) in [6, 6.07) is 15.7. The van der Waals surface area contributed by atoms with Gasteiger partial charge in [0, 0.05) is 11.1 Å². The van der Waals surface area contributed by atoms with Gasteiger partial charge in [0.25, 0.3) is 0 Å². The van der Waals surface area contributed by atoms with E-state index in [0.29, 0.717) is 18.4 Å². The lowest BCUT2D eigenvalue weighted by Crippen LogP contribution is -1.99. The van der Waals surface area contributed by atoms with Crippen molar-refractivity contribution < 1.29 is 9.47 Å². The van der Waals surface area contributed by atoms with Gasteiger partial charge in [0.2, 0.25) is 5.16 Å². The first kappa shape index (κ1) is 18.2. The van der Waals surface area contributed by atoms with Crippen LogP contribution in [-0.4, -0.2) is 34.7 Å². The van der Waals surface area contributed by atoms with Crippen molar-refractivity contribution in [2.24, 2.45) is 0 Å². The van der Waals surface area contributed by atoms with Gasteiger partial charge in [0.1, 0.15) is 22.9 Å². The zero-order chi connectivity index (χ0) is 18.4. The van der Waals surface area contributed by atoms with Crippen LogP contribution in [0.3, 0.4) is 0 Å². The normalized spacial score (nSPS) is 10.6. The van der Waals surface area contributed by atoms with Crippen molar-refractivity contribution in [3.8, 4) is 34.0 Å². The van der Waals surface area contributed by atoms with Crippen LogP contribution in [0.2, 0.25) is 0 Å². The Morgan fingerprint density at radius 2 is 1.23 bits per heavy atom. The van der Waals surface area contributed by atoms with Crippen LogP contribution < -0.4 is 9.47 Å². The van der Waals surface area contributed by atoms with Crippen molar-refractivity contribution in [1.29, 1.82) is 0 Å². The predicted octanol–water partition coefficient (Wildman–Crippen LogP) is 4.72. The summed E-state index contributed by atoms with van der Waals surface area (Å²) >= 11 is 1.47. The molecule has 5 nitrogen and oxygen atoms in total. The predicted molar refractivity (Wildman–Crippen MR) is 105 cm³/mol. The fraction of sp³-hybridized carbons (Fsp3) is 0.250. The molecule has 134 valence electrons. The molecule has 1 heterocycles. The lowest BCUT2D eigenvalue weighted by atomic mass is 10.0. The van der Waals surface area contributed by atoms with Crippen LogP contribution in [0.5, 0.6) is 11.5 Å². The SMILES string of the molecule is CCOc1ccc(-c2nnc(SC)nc2-c2ccc(OCC)cc2)cc1. The number of aromatic nitrogens is 3. The lowest BCUT2D eigenvalue weighted by molar-refractivity contribution is 0.340. The molecule has 0 aliphatic heterocycles. The fourth-order valence-corrected chi connectivity index (χ4v) is 2.85. The molecule has 0 fully saturated rings. The van der Waals surface area contributed by atoms with Crippen LogP contribution in [0, 0.1) is 0 Å². The first-order chi connectivity index (χ1) is 12.7. The highest BCUT2D eigenvalue weighted by atomic mass is 32.2. The minimum atomic E-state index is 0.639. The van der Waals surface area contributed by atoms with Crippen LogP contribution >= 0.6 is 11.8 Å². The molecular weight excluding hydrogens is 346 g/mol. The molecule has 0 aliphatic carbocycles. The molecule has 0 radical (unpaired) electrons. The largest absolute Gasteiger partial charge is 0.494 e. The third-order valence-corrected chi connectivity index (χ3v) is 4.27. The molecule has 0 N–H and O–H groups in total. The summed E-state index contributed by atoms with van der Waals surface area (Å²) in [7, 11) is 0. The summed E-state index contributed by atoms with van der Waals surface area (Å²) < 4.78 is 11.0. The fourth-order valence-electron chi connectivity index (χ4n) is 2.54. The van der Waals surface area contributed by atoms with Crippen molar-refractivity contribution in [3.63, 3.8) is 0 Å². The van der Waals surface area contributed by atoms with E-state index in [1.165, 1.54) is 11.8 Å². The van der Waals surface area contributed by atoms with Gasteiger partial charge < -0.3 is 9.47 Å². The Morgan fingerprint density at radius 3 is 1.69 bits per heavy atom. The maximum atomic E-state index is 5.53. The Labute approximate surface area is 157 Å². The van der Waals surface area contributed by atoms with E-state index in [-0.39, 0.29) is 0 Å². The molecule has 0 aliphatic rings. The number of ether oxygens (including phenoxy) is 2. The van der Waals surface area contributed by atoms with Crippen molar-refractivity contribution in [3.05, 3.63) is 48.5 Å². The molecule has 1 aromatic heterocycles. The van der Waals surface area contributed by atoms with Crippen LogP contribution in [0.1, 0.15) is 13.8 Å². The molecule has 2 aromatic carbocycles. The number of benzene rings is 2. The van der Waals surface area contributed by atoms with Gasteiger partial charge >= 0.3 is 0 Å². The molecule has 6 heteroatoms. The van der Waals surface area contributed by atoms with Crippen LogP contribution in [-0.2, 0) is 0 Å². The molecule has 0 unspecified atom stereocenters. The van der Waals surface area contributed by atoms with E-state index < -0.39 is 0 Å². The Kier molecular flexibility index (Phi) is 6.07. The minimum Gasteiger partial charge on any atom is -0.494 e. The molecule has 0 bridgehead atoms. The Hall–Kier alpha value is -2.60. The summed E-state index contributed by atoms with van der Waals surface area (Å²) in [6.45, 7) is 5.22. The maximum absolute atomic E-state index is 5.53. The van der Waals surface area contributed by atoms with Gasteiger partial charge in [-0.3, -0.25) is 0 Å². The van der Waals surface area contributed by atoms with E-state index in [1.807, 2.05) is 68.6 Å². The maximum Gasteiger partial charge on any atom is 0.209 e. The first-order valence-corrected chi connectivity index (χ1v) is 9.72. The lowest BCUT2D eigenvalue weighted by Gasteiger charge is -2.10. The molecule has 0 spiro atoms. The van der Waals surface area contributed by atoms with Gasteiger partial charge in [0.15, 0.2) is 0 Å². The molecule has 26 heavy (non-hydrogen) atoms. The molecule has 3 aromatic rings. The smallest absolute Gasteiger partial charge is 0.209 e. The number of hydrogen-bond donors (Lipinski definition) is 0. The van der Waals surface area contributed by atoms with Gasteiger partial charge in [0.05, 0.1) is 13.2 Å². The van der Waals surface area contributed by atoms with Gasteiger partial charge in [-0.15, -0.1) is 10.2 Å². The number of nitrogens with zero attached hydrogens (tertiary/aromatic N) is 3. The minimum absolute atomic E-state index is 0.639. The van der Waals surface area contributed by atoms with Crippen molar-refractivity contribution >= 4 is 11.8 Å². The second-order valence-corrected chi connectivity index (χ2v) is 6.18. The van der Waals surface area contributed by atoms with E-state index >= 15 is 0 Å².